The monoisotopic (exact) mass is 231 g/mol. The lowest BCUT2D eigenvalue weighted by Crippen LogP contribution is -2.10. The molecule has 17 heavy (non-hydrogen) atoms. The van der Waals surface area contributed by atoms with Gasteiger partial charge in [0.15, 0.2) is 0 Å². The zero-order chi connectivity index (χ0) is 12.1. The summed E-state index contributed by atoms with van der Waals surface area (Å²) in [6.07, 6.45) is 4.65. The summed E-state index contributed by atoms with van der Waals surface area (Å²) in [5.74, 6) is 1.08. The maximum atomic E-state index is 4.81. The molecule has 0 aliphatic heterocycles. The van der Waals surface area contributed by atoms with Crippen molar-refractivity contribution in [3.05, 3.63) is 53.6 Å². The van der Waals surface area contributed by atoms with E-state index in [0.717, 1.165) is 18.8 Å². The molecular formula is C13H17N3O. The number of hydrogen-bond donors (Lipinski definition) is 1. The largest absolute Gasteiger partial charge is 0.338 e. The molecule has 0 aliphatic carbocycles. The molecule has 0 atom stereocenters. The number of nitrogens with one attached hydrogen (secondary N) is 1. The number of hydrogen-bond acceptors (Lipinski definition) is 3. The maximum Gasteiger partial charge on any atom is 0.112 e. The van der Waals surface area contributed by atoms with E-state index in [9.17, 15) is 0 Å². The van der Waals surface area contributed by atoms with Gasteiger partial charge >= 0.3 is 0 Å². The van der Waals surface area contributed by atoms with E-state index in [4.69, 9.17) is 4.84 Å². The molecule has 4 nitrogen and oxygen atoms in total. The van der Waals surface area contributed by atoms with Crippen LogP contribution in [0, 0.1) is 0 Å². The average molecular weight is 231 g/mol. The number of benzene rings is 1. The predicted molar refractivity (Wildman–Crippen MR) is 66.3 cm³/mol. The van der Waals surface area contributed by atoms with E-state index in [-0.39, 0.29) is 0 Å². The topological polar surface area (TPSA) is 39.1 Å². The third-order valence-corrected chi connectivity index (χ3v) is 2.73. The zero-order valence-electron chi connectivity index (χ0n) is 10.2. The second-order valence-corrected chi connectivity index (χ2v) is 3.97. The van der Waals surface area contributed by atoms with Crippen LogP contribution in [0.2, 0.25) is 0 Å². The van der Waals surface area contributed by atoms with Crippen molar-refractivity contribution in [3.8, 4) is 0 Å². The summed E-state index contributed by atoms with van der Waals surface area (Å²) >= 11 is 0. The predicted octanol–water partition coefficient (Wildman–Crippen LogP) is 1.66. The summed E-state index contributed by atoms with van der Waals surface area (Å²) in [4.78, 5) is 9.13. The Bertz CT molecular complexity index is 462. The number of nitrogens with zero attached hydrogens (tertiary/aromatic N) is 2. The van der Waals surface area contributed by atoms with Crippen molar-refractivity contribution < 1.29 is 4.84 Å². The minimum Gasteiger partial charge on any atom is -0.338 e. The van der Waals surface area contributed by atoms with Gasteiger partial charge in [-0.3, -0.25) is 0 Å². The summed E-state index contributed by atoms with van der Waals surface area (Å²) in [5.41, 5.74) is 5.29. The van der Waals surface area contributed by atoms with Crippen LogP contribution in [0.25, 0.3) is 0 Å². The van der Waals surface area contributed by atoms with Crippen molar-refractivity contribution in [2.75, 3.05) is 7.11 Å². The number of aromatic nitrogens is 2. The van der Waals surface area contributed by atoms with Gasteiger partial charge in [0, 0.05) is 32.4 Å². The highest BCUT2D eigenvalue weighted by Crippen LogP contribution is 2.09. The molecule has 0 amide bonds. The molecule has 0 bridgehead atoms. The van der Waals surface area contributed by atoms with E-state index in [1.165, 1.54) is 11.1 Å². The van der Waals surface area contributed by atoms with Crippen molar-refractivity contribution in [2.45, 2.75) is 13.0 Å². The van der Waals surface area contributed by atoms with Gasteiger partial charge in [-0.05, 0) is 11.1 Å². The molecule has 90 valence electrons. The average Bonchev–Trinajstić information content (AvgIpc) is 2.74. The van der Waals surface area contributed by atoms with Crippen LogP contribution in [-0.4, -0.2) is 16.7 Å². The van der Waals surface area contributed by atoms with Gasteiger partial charge < -0.3 is 9.40 Å². The van der Waals surface area contributed by atoms with Crippen LogP contribution in [0.3, 0.4) is 0 Å². The summed E-state index contributed by atoms with van der Waals surface area (Å²) in [5, 5.41) is 0. The molecule has 2 aromatic rings. The first-order chi connectivity index (χ1) is 8.29. The van der Waals surface area contributed by atoms with Crippen LogP contribution in [-0.2, 0) is 24.9 Å². The Balaban J connectivity index is 2.01. The summed E-state index contributed by atoms with van der Waals surface area (Å²) < 4.78 is 2.04. The highest BCUT2D eigenvalue weighted by atomic mass is 16.6. The molecule has 0 saturated carbocycles. The van der Waals surface area contributed by atoms with Crippen LogP contribution in [0.4, 0.5) is 0 Å². The molecule has 1 N–H and O–H groups in total. The van der Waals surface area contributed by atoms with Gasteiger partial charge in [0.1, 0.15) is 5.82 Å². The van der Waals surface area contributed by atoms with Gasteiger partial charge in [-0.25, -0.2) is 4.98 Å². The van der Waals surface area contributed by atoms with Crippen molar-refractivity contribution in [3.63, 3.8) is 0 Å². The number of hydroxylamine groups is 1. The van der Waals surface area contributed by atoms with Crippen LogP contribution in [0.5, 0.6) is 0 Å². The molecule has 0 fully saturated rings. The lowest BCUT2D eigenvalue weighted by atomic mass is 10.1. The first-order valence-corrected chi connectivity index (χ1v) is 5.59. The Morgan fingerprint density at radius 3 is 2.53 bits per heavy atom. The quantitative estimate of drug-likeness (QED) is 0.795. The highest BCUT2D eigenvalue weighted by Gasteiger charge is 2.01. The Hall–Kier alpha value is -1.65. The van der Waals surface area contributed by atoms with Crippen molar-refractivity contribution in [2.24, 2.45) is 7.05 Å². The van der Waals surface area contributed by atoms with Crippen LogP contribution < -0.4 is 5.48 Å². The molecule has 1 aromatic heterocycles. The van der Waals surface area contributed by atoms with Gasteiger partial charge in [-0.1, -0.05) is 24.3 Å². The van der Waals surface area contributed by atoms with E-state index in [1.54, 1.807) is 7.11 Å². The Labute approximate surface area is 101 Å². The van der Waals surface area contributed by atoms with Gasteiger partial charge in [-0.2, -0.15) is 5.48 Å². The van der Waals surface area contributed by atoms with Crippen LogP contribution >= 0.6 is 0 Å². The first-order valence-electron chi connectivity index (χ1n) is 5.59. The molecule has 1 heterocycles. The standard InChI is InChI=1S/C13H17N3O/c1-16-8-7-14-13(16)9-11-3-5-12(6-4-11)10-15-17-2/h3-8,15H,9-10H2,1-2H3. The van der Waals surface area contributed by atoms with Gasteiger partial charge in [0.05, 0.1) is 7.11 Å². The molecule has 1 aromatic carbocycles. The third-order valence-electron chi connectivity index (χ3n) is 2.73. The smallest absolute Gasteiger partial charge is 0.112 e. The Kier molecular flexibility index (Phi) is 3.90. The third kappa shape index (κ3) is 3.15. The minimum atomic E-state index is 0.721. The van der Waals surface area contributed by atoms with E-state index in [1.807, 2.05) is 24.0 Å². The SMILES string of the molecule is CONCc1ccc(Cc2nccn2C)cc1. The van der Waals surface area contributed by atoms with Gasteiger partial charge in [-0.15, -0.1) is 0 Å². The summed E-state index contributed by atoms with van der Waals surface area (Å²) in [6.45, 7) is 0.721. The maximum absolute atomic E-state index is 4.81. The molecule has 0 aliphatic rings. The van der Waals surface area contributed by atoms with E-state index in [0.29, 0.717) is 0 Å². The fraction of sp³-hybridized carbons (Fsp3) is 0.308. The molecule has 0 saturated heterocycles. The van der Waals surface area contributed by atoms with Crippen molar-refractivity contribution in [1.82, 2.24) is 15.0 Å². The molecule has 4 heteroatoms. The van der Waals surface area contributed by atoms with Gasteiger partial charge in [0.25, 0.3) is 0 Å². The molecule has 0 unspecified atom stereocenters. The normalized spacial score (nSPS) is 10.7. The Morgan fingerprint density at radius 1 is 1.24 bits per heavy atom. The van der Waals surface area contributed by atoms with E-state index in [2.05, 4.69) is 34.7 Å². The molecule has 2 rings (SSSR count). The first kappa shape index (κ1) is 11.8. The van der Waals surface area contributed by atoms with E-state index >= 15 is 0 Å². The zero-order valence-corrected chi connectivity index (χ0v) is 10.2. The fourth-order valence-electron chi connectivity index (χ4n) is 1.68. The number of rotatable bonds is 5. The lowest BCUT2D eigenvalue weighted by molar-refractivity contribution is 0.0867. The van der Waals surface area contributed by atoms with Crippen molar-refractivity contribution >= 4 is 0 Å². The Morgan fingerprint density at radius 2 is 1.94 bits per heavy atom. The van der Waals surface area contributed by atoms with Crippen LogP contribution in [0.1, 0.15) is 17.0 Å². The molecule has 0 spiro atoms. The highest BCUT2D eigenvalue weighted by molar-refractivity contribution is 5.24. The second-order valence-electron chi connectivity index (χ2n) is 3.97. The molecule has 0 radical (unpaired) electrons. The fourth-order valence-corrected chi connectivity index (χ4v) is 1.68. The minimum absolute atomic E-state index is 0.721. The second kappa shape index (κ2) is 5.61. The lowest BCUT2D eigenvalue weighted by Gasteiger charge is -2.05. The molecular weight excluding hydrogens is 214 g/mol. The summed E-state index contributed by atoms with van der Waals surface area (Å²) in [6, 6.07) is 8.46. The van der Waals surface area contributed by atoms with Crippen LogP contribution in [0.15, 0.2) is 36.7 Å². The number of aryl methyl sites for hydroxylation is 1. The van der Waals surface area contributed by atoms with Crippen molar-refractivity contribution in [1.29, 1.82) is 0 Å². The summed E-state index contributed by atoms with van der Waals surface area (Å²) in [7, 11) is 3.63. The van der Waals surface area contributed by atoms with Gasteiger partial charge in [0.2, 0.25) is 0 Å². The van der Waals surface area contributed by atoms with E-state index < -0.39 is 0 Å². The number of imidazole rings is 1.